The van der Waals surface area contributed by atoms with Crippen molar-refractivity contribution >= 4 is 5.78 Å². The van der Waals surface area contributed by atoms with Gasteiger partial charge in [-0.25, -0.2) is 0 Å². The van der Waals surface area contributed by atoms with E-state index in [4.69, 9.17) is 9.47 Å². The largest absolute Gasteiger partial charge is 0.482 e. The van der Waals surface area contributed by atoms with Gasteiger partial charge in [-0.3, -0.25) is 4.79 Å². The predicted octanol–water partition coefficient (Wildman–Crippen LogP) is 2.50. The third-order valence-electron chi connectivity index (χ3n) is 4.40. The molecule has 0 N–H and O–H groups in total. The first-order valence-corrected chi connectivity index (χ1v) is 6.43. The Hall–Kier alpha value is -1.51. The van der Waals surface area contributed by atoms with Gasteiger partial charge in [0.05, 0.1) is 0 Å². The van der Waals surface area contributed by atoms with Crippen molar-refractivity contribution < 1.29 is 14.3 Å². The van der Waals surface area contributed by atoms with Gasteiger partial charge in [-0.15, -0.1) is 0 Å². The average molecular weight is 246 g/mol. The molecule has 1 aromatic rings. The molecule has 2 aliphatic rings. The molecule has 3 rings (SSSR count). The zero-order chi connectivity index (χ0) is 12.9. The molecular formula is C15H18O3. The van der Waals surface area contributed by atoms with Crippen molar-refractivity contribution in [1.82, 2.24) is 0 Å². The van der Waals surface area contributed by atoms with Crippen LogP contribution >= 0.6 is 0 Å². The molecule has 1 atom stereocenters. The molecule has 1 aromatic carbocycles. The van der Waals surface area contributed by atoms with Crippen molar-refractivity contribution in [2.45, 2.75) is 32.6 Å². The molecule has 0 saturated carbocycles. The number of ketones is 1. The quantitative estimate of drug-likeness (QED) is 0.705. The molecule has 1 aliphatic heterocycles. The summed E-state index contributed by atoms with van der Waals surface area (Å²) >= 11 is 0. The second kappa shape index (κ2) is 3.74. The fraction of sp³-hybridized carbons (Fsp3) is 0.533. The van der Waals surface area contributed by atoms with Crippen LogP contribution in [0.15, 0.2) is 12.1 Å². The Labute approximate surface area is 107 Å². The highest BCUT2D eigenvalue weighted by Gasteiger charge is 2.37. The van der Waals surface area contributed by atoms with Crippen LogP contribution in [-0.4, -0.2) is 19.0 Å². The highest BCUT2D eigenvalue weighted by Crippen LogP contribution is 2.47. The first-order chi connectivity index (χ1) is 8.48. The van der Waals surface area contributed by atoms with E-state index < -0.39 is 0 Å². The van der Waals surface area contributed by atoms with Crippen LogP contribution in [0, 0.1) is 5.92 Å². The molecule has 3 nitrogen and oxygen atoms in total. The van der Waals surface area contributed by atoms with Crippen LogP contribution in [0.5, 0.6) is 11.5 Å². The van der Waals surface area contributed by atoms with Crippen molar-refractivity contribution in [3.05, 3.63) is 23.3 Å². The molecule has 0 bridgehead atoms. The summed E-state index contributed by atoms with van der Waals surface area (Å²) in [5, 5.41) is 0. The number of ether oxygens (including phenoxy) is 2. The van der Waals surface area contributed by atoms with Crippen LogP contribution in [0.25, 0.3) is 0 Å². The summed E-state index contributed by atoms with van der Waals surface area (Å²) in [6.45, 7) is 7.03. The van der Waals surface area contributed by atoms with Crippen molar-refractivity contribution in [2.75, 3.05) is 13.2 Å². The van der Waals surface area contributed by atoms with Crippen molar-refractivity contribution in [2.24, 2.45) is 5.92 Å². The second-order valence-electron chi connectivity index (χ2n) is 5.90. The summed E-state index contributed by atoms with van der Waals surface area (Å²) < 4.78 is 11.1. The maximum Gasteiger partial charge on any atom is 0.207 e. The Balaban J connectivity index is 2.07. The molecule has 0 aromatic heterocycles. The Morgan fingerprint density at radius 3 is 2.44 bits per heavy atom. The Kier molecular flexibility index (Phi) is 2.40. The molecule has 3 heteroatoms. The van der Waals surface area contributed by atoms with Gasteiger partial charge in [0.15, 0.2) is 24.7 Å². The van der Waals surface area contributed by atoms with Crippen LogP contribution in [0.2, 0.25) is 0 Å². The minimum absolute atomic E-state index is 0.0148. The van der Waals surface area contributed by atoms with Crippen LogP contribution in [0.4, 0.5) is 0 Å². The van der Waals surface area contributed by atoms with E-state index in [1.54, 1.807) is 0 Å². The highest BCUT2D eigenvalue weighted by molar-refractivity contribution is 5.82. The van der Waals surface area contributed by atoms with Crippen LogP contribution in [-0.2, 0) is 16.6 Å². The lowest BCUT2D eigenvalue weighted by Crippen LogP contribution is -2.21. The molecule has 0 radical (unpaired) electrons. The number of rotatable bonds is 0. The SMILES string of the molecule is CC1Cc2cc3c(cc2C1(C)C)OCC(=O)CO3. The highest BCUT2D eigenvalue weighted by atomic mass is 16.5. The minimum Gasteiger partial charge on any atom is -0.482 e. The zero-order valence-corrected chi connectivity index (χ0v) is 11.1. The number of carbonyl (C=O) groups excluding carboxylic acids is 1. The van der Waals surface area contributed by atoms with Gasteiger partial charge < -0.3 is 9.47 Å². The maximum atomic E-state index is 11.3. The summed E-state index contributed by atoms with van der Waals surface area (Å²) in [7, 11) is 0. The van der Waals surface area contributed by atoms with Gasteiger partial charge >= 0.3 is 0 Å². The number of benzene rings is 1. The van der Waals surface area contributed by atoms with Gasteiger partial charge in [-0.1, -0.05) is 20.8 Å². The maximum absolute atomic E-state index is 11.3. The number of carbonyl (C=O) groups is 1. The number of hydrogen-bond acceptors (Lipinski definition) is 3. The third kappa shape index (κ3) is 1.61. The first-order valence-electron chi connectivity index (χ1n) is 6.43. The van der Waals surface area contributed by atoms with Gasteiger partial charge in [0.1, 0.15) is 0 Å². The number of Topliss-reactive ketones (excluding diaryl/α,β-unsaturated/α-hetero) is 1. The van der Waals surface area contributed by atoms with Crippen molar-refractivity contribution in [3.8, 4) is 11.5 Å². The van der Waals surface area contributed by atoms with Gasteiger partial charge in [0.2, 0.25) is 5.78 Å². The fourth-order valence-corrected chi connectivity index (χ4v) is 2.80. The van der Waals surface area contributed by atoms with Crippen molar-refractivity contribution in [1.29, 1.82) is 0 Å². The van der Waals surface area contributed by atoms with Gasteiger partial charge in [-0.05, 0) is 41.0 Å². The van der Waals surface area contributed by atoms with Crippen LogP contribution in [0.1, 0.15) is 31.9 Å². The summed E-state index contributed by atoms with van der Waals surface area (Å²) in [5.41, 5.74) is 2.81. The molecule has 1 heterocycles. The topological polar surface area (TPSA) is 35.5 Å². The van der Waals surface area contributed by atoms with E-state index in [0.29, 0.717) is 17.4 Å². The van der Waals surface area contributed by atoms with E-state index in [0.717, 1.165) is 6.42 Å². The summed E-state index contributed by atoms with van der Waals surface area (Å²) in [6.07, 6.45) is 1.06. The second-order valence-corrected chi connectivity index (χ2v) is 5.90. The summed E-state index contributed by atoms with van der Waals surface area (Å²) in [5.74, 6) is 2.02. The molecule has 0 saturated heterocycles. The molecule has 0 spiro atoms. The zero-order valence-electron chi connectivity index (χ0n) is 11.1. The van der Waals surface area contributed by atoms with E-state index in [2.05, 4.69) is 32.9 Å². The predicted molar refractivity (Wildman–Crippen MR) is 68.3 cm³/mol. The van der Waals surface area contributed by atoms with Crippen LogP contribution in [0.3, 0.4) is 0 Å². The molecule has 18 heavy (non-hydrogen) atoms. The summed E-state index contributed by atoms with van der Waals surface area (Å²) in [6, 6.07) is 4.11. The number of hydrogen-bond donors (Lipinski definition) is 0. The Bertz CT molecular complexity index is 517. The van der Waals surface area contributed by atoms with Gasteiger partial charge in [-0.2, -0.15) is 0 Å². The van der Waals surface area contributed by atoms with Crippen molar-refractivity contribution in [3.63, 3.8) is 0 Å². The van der Waals surface area contributed by atoms with E-state index in [9.17, 15) is 4.79 Å². The normalized spacial score (nSPS) is 24.6. The molecular weight excluding hydrogens is 228 g/mol. The average Bonchev–Trinajstić information content (AvgIpc) is 2.48. The van der Waals surface area contributed by atoms with E-state index in [-0.39, 0.29) is 24.4 Å². The fourth-order valence-electron chi connectivity index (χ4n) is 2.80. The molecule has 0 amide bonds. The minimum atomic E-state index is -0.0148. The van der Waals surface area contributed by atoms with E-state index in [1.807, 2.05) is 0 Å². The standard InChI is InChI=1S/C15H18O3/c1-9-4-10-5-13-14(6-12(10)15(9,2)3)18-8-11(16)7-17-13/h5-6,9H,4,7-8H2,1-3H3. The smallest absolute Gasteiger partial charge is 0.207 e. The van der Waals surface area contributed by atoms with Gasteiger partial charge in [0, 0.05) is 0 Å². The molecule has 96 valence electrons. The lowest BCUT2D eigenvalue weighted by atomic mass is 9.79. The lowest BCUT2D eigenvalue weighted by Gasteiger charge is -2.25. The van der Waals surface area contributed by atoms with E-state index in [1.165, 1.54) is 11.1 Å². The third-order valence-corrected chi connectivity index (χ3v) is 4.40. The first kappa shape index (κ1) is 11.6. The lowest BCUT2D eigenvalue weighted by molar-refractivity contribution is -0.122. The molecule has 0 fully saturated rings. The monoisotopic (exact) mass is 246 g/mol. The van der Waals surface area contributed by atoms with Crippen LogP contribution < -0.4 is 9.47 Å². The Morgan fingerprint density at radius 2 is 1.78 bits per heavy atom. The number of fused-ring (bicyclic) bond motifs is 2. The Morgan fingerprint density at radius 1 is 1.17 bits per heavy atom. The van der Waals surface area contributed by atoms with Gasteiger partial charge in [0.25, 0.3) is 0 Å². The summed E-state index contributed by atoms with van der Waals surface area (Å²) in [4.78, 5) is 11.3. The molecule has 1 aliphatic carbocycles. The molecule has 1 unspecified atom stereocenters. The van der Waals surface area contributed by atoms with E-state index >= 15 is 0 Å².